The van der Waals surface area contributed by atoms with Crippen LogP contribution in [-0.4, -0.2) is 9.55 Å². The predicted octanol–water partition coefficient (Wildman–Crippen LogP) is 5.53. The van der Waals surface area contributed by atoms with E-state index in [2.05, 4.69) is 11.1 Å². The first-order valence-corrected chi connectivity index (χ1v) is 9.25. The Balaban J connectivity index is 1.65. The van der Waals surface area contributed by atoms with E-state index < -0.39 is 0 Å². The van der Waals surface area contributed by atoms with Gasteiger partial charge in [0.05, 0.1) is 11.0 Å². The molecule has 0 aliphatic carbocycles. The van der Waals surface area contributed by atoms with E-state index >= 15 is 0 Å². The molecule has 4 rings (SSSR count). The first kappa shape index (κ1) is 18.0. The van der Waals surface area contributed by atoms with E-state index in [-0.39, 0.29) is 5.82 Å². The monoisotopic (exact) mass is 372 g/mol. The highest BCUT2D eigenvalue weighted by atomic mass is 19.1. The fraction of sp³-hybridized carbons (Fsp3) is 0.125. The Labute approximate surface area is 163 Å². The van der Waals surface area contributed by atoms with Crippen LogP contribution in [0.4, 0.5) is 4.39 Å². The molecular weight excluding hydrogens is 351 g/mol. The fourth-order valence-electron chi connectivity index (χ4n) is 3.30. The molecule has 1 heterocycles. The van der Waals surface area contributed by atoms with Gasteiger partial charge in [-0.3, -0.25) is 0 Å². The molecule has 0 aliphatic rings. The summed E-state index contributed by atoms with van der Waals surface area (Å²) < 4.78 is 21.5. The van der Waals surface area contributed by atoms with Gasteiger partial charge in [0.25, 0.3) is 0 Å². The molecule has 1 aromatic heterocycles. The molecule has 0 spiro atoms. The van der Waals surface area contributed by atoms with Crippen molar-refractivity contribution < 1.29 is 9.13 Å². The summed E-state index contributed by atoms with van der Waals surface area (Å²) in [6.45, 7) is 4.77. The van der Waals surface area contributed by atoms with E-state index in [1.165, 1.54) is 12.1 Å². The highest BCUT2D eigenvalue weighted by Crippen LogP contribution is 2.23. The number of hydrogen-bond acceptors (Lipinski definition) is 2. The van der Waals surface area contributed by atoms with Crippen LogP contribution in [0.3, 0.4) is 0 Å². The summed E-state index contributed by atoms with van der Waals surface area (Å²) in [5.41, 5.74) is 4.06. The minimum Gasteiger partial charge on any atom is -0.485 e. The number of rotatable bonds is 7. The first-order valence-electron chi connectivity index (χ1n) is 9.25. The molecular formula is C24H21FN2O. The maximum absolute atomic E-state index is 13.3. The van der Waals surface area contributed by atoms with Gasteiger partial charge < -0.3 is 9.30 Å². The summed E-state index contributed by atoms with van der Waals surface area (Å²) >= 11 is 0. The van der Waals surface area contributed by atoms with Crippen molar-refractivity contribution in [3.63, 3.8) is 0 Å². The summed E-state index contributed by atoms with van der Waals surface area (Å²) in [4.78, 5) is 4.76. The average molecular weight is 372 g/mol. The van der Waals surface area contributed by atoms with Crippen LogP contribution in [0.25, 0.3) is 11.0 Å². The lowest BCUT2D eigenvalue weighted by atomic mass is 10.1. The van der Waals surface area contributed by atoms with E-state index in [4.69, 9.17) is 9.72 Å². The van der Waals surface area contributed by atoms with Crippen molar-refractivity contribution in [3.8, 4) is 5.75 Å². The van der Waals surface area contributed by atoms with Crippen molar-refractivity contribution in [1.82, 2.24) is 9.55 Å². The summed E-state index contributed by atoms with van der Waals surface area (Å²) in [5, 5.41) is 0. The van der Waals surface area contributed by atoms with Gasteiger partial charge in [-0.1, -0.05) is 48.5 Å². The Kier molecular flexibility index (Phi) is 5.20. The lowest BCUT2D eigenvalue weighted by molar-refractivity contribution is 0.289. The van der Waals surface area contributed by atoms with E-state index in [9.17, 15) is 4.39 Å². The van der Waals surface area contributed by atoms with Crippen LogP contribution in [0.1, 0.15) is 17.0 Å². The van der Waals surface area contributed by atoms with Crippen LogP contribution in [-0.2, 0) is 19.6 Å². The van der Waals surface area contributed by atoms with Gasteiger partial charge in [-0.2, -0.15) is 0 Å². The summed E-state index contributed by atoms with van der Waals surface area (Å²) in [7, 11) is 0. The van der Waals surface area contributed by atoms with Crippen molar-refractivity contribution in [2.45, 2.75) is 19.6 Å². The van der Waals surface area contributed by atoms with Crippen molar-refractivity contribution in [2.75, 3.05) is 0 Å². The number of aromatic nitrogens is 2. The van der Waals surface area contributed by atoms with E-state index in [0.29, 0.717) is 13.2 Å². The van der Waals surface area contributed by atoms with Crippen molar-refractivity contribution in [3.05, 3.63) is 108 Å². The van der Waals surface area contributed by atoms with Gasteiger partial charge in [-0.25, -0.2) is 9.37 Å². The third-order valence-electron chi connectivity index (χ3n) is 4.68. The molecule has 0 unspecified atom stereocenters. The molecule has 0 atom stereocenters. The minimum absolute atomic E-state index is 0.235. The molecule has 140 valence electrons. The van der Waals surface area contributed by atoms with Crippen LogP contribution in [0.15, 0.2) is 85.5 Å². The average Bonchev–Trinajstić information content (AvgIpc) is 3.07. The molecule has 0 aliphatic heterocycles. The largest absolute Gasteiger partial charge is 0.485 e. The Morgan fingerprint density at radius 3 is 2.54 bits per heavy atom. The summed E-state index contributed by atoms with van der Waals surface area (Å²) in [6.07, 6.45) is 2.62. The molecule has 0 radical (unpaired) electrons. The number of nitrogens with zero attached hydrogens (tertiary/aromatic N) is 2. The zero-order valence-electron chi connectivity index (χ0n) is 15.5. The minimum atomic E-state index is -0.235. The quantitative estimate of drug-likeness (QED) is 0.399. The van der Waals surface area contributed by atoms with E-state index in [1.807, 2.05) is 54.6 Å². The van der Waals surface area contributed by atoms with E-state index in [0.717, 1.165) is 40.2 Å². The standard InChI is InChI=1S/C24H21FN2O/c1-2-7-19-8-3-6-11-23(19)28-17-24-26-21-9-4-5-10-22(21)27(24)16-18-12-14-20(25)15-13-18/h2-6,8-15H,1,7,16-17H2. The number of fused-ring (bicyclic) bond motifs is 1. The normalized spacial score (nSPS) is 10.9. The molecule has 0 N–H and O–H groups in total. The van der Waals surface area contributed by atoms with Crippen molar-refractivity contribution in [2.24, 2.45) is 0 Å². The molecule has 0 fully saturated rings. The molecule has 28 heavy (non-hydrogen) atoms. The van der Waals surface area contributed by atoms with Gasteiger partial charge in [0.15, 0.2) is 0 Å². The number of imidazole rings is 1. The number of hydrogen-bond donors (Lipinski definition) is 0. The van der Waals surface area contributed by atoms with Crippen LogP contribution in [0.2, 0.25) is 0 Å². The maximum Gasteiger partial charge on any atom is 0.148 e. The molecule has 4 aromatic rings. The Morgan fingerprint density at radius 2 is 1.71 bits per heavy atom. The lowest BCUT2D eigenvalue weighted by Gasteiger charge is -2.13. The number of halogens is 1. The highest BCUT2D eigenvalue weighted by molar-refractivity contribution is 5.76. The number of allylic oxidation sites excluding steroid dienone is 1. The van der Waals surface area contributed by atoms with Crippen molar-refractivity contribution in [1.29, 1.82) is 0 Å². The highest BCUT2D eigenvalue weighted by Gasteiger charge is 2.12. The number of benzene rings is 3. The zero-order chi connectivity index (χ0) is 19.3. The molecule has 0 saturated carbocycles. The van der Waals surface area contributed by atoms with Gasteiger partial charge in [0.1, 0.15) is 24.0 Å². The Bertz CT molecular complexity index is 1100. The third kappa shape index (κ3) is 3.81. The second-order valence-corrected chi connectivity index (χ2v) is 6.62. The van der Waals surface area contributed by atoms with Gasteiger partial charge in [-0.05, 0) is 47.9 Å². The van der Waals surface area contributed by atoms with Gasteiger partial charge in [-0.15, -0.1) is 6.58 Å². The van der Waals surface area contributed by atoms with Crippen molar-refractivity contribution >= 4 is 11.0 Å². The second-order valence-electron chi connectivity index (χ2n) is 6.62. The zero-order valence-corrected chi connectivity index (χ0v) is 15.5. The fourth-order valence-corrected chi connectivity index (χ4v) is 3.30. The first-order chi connectivity index (χ1) is 13.7. The number of para-hydroxylation sites is 3. The predicted molar refractivity (Wildman–Crippen MR) is 110 cm³/mol. The molecule has 0 bridgehead atoms. The van der Waals surface area contributed by atoms with Crippen LogP contribution in [0.5, 0.6) is 5.75 Å². The molecule has 4 heteroatoms. The maximum atomic E-state index is 13.3. The Hall–Kier alpha value is -3.40. The van der Waals surface area contributed by atoms with Gasteiger partial charge in [0, 0.05) is 6.54 Å². The summed E-state index contributed by atoms with van der Waals surface area (Å²) in [6, 6.07) is 22.5. The smallest absolute Gasteiger partial charge is 0.148 e. The number of ether oxygens (including phenoxy) is 1. The molecule has 3 aromatic carbocycles. The molecule has 0 amide bonds. The van der Waals surface area contributed by atoms with Gasteiger partial charge in [0.2, 0.25) is 0 Å². The Morgan fingerprint density at radius 1 is 0.964 bits per heavy atom. The SMILES string of the molecule is C=CCc1ccccc1OCc1nc2ccccc2n1Cc1ccc(F)cc1. The third-order valence-corrected chi connectivity index (χ3v) is 4.68. The molecule has 3 nitrogen and oxygen atoms in total. The van der Waals surface area contributed by atoms with Crippen LogP contribution < -0.4 is 4.74 Å². The molecule has 0 saturated heterocycles. The topological polar surface area (TPSA) is 27.1 Å². The summed E-state index contributed by atoms with van der Waals surface area (Å²) in [5.74, 6) is 1.43. The van der Waals surface area contributed by atoms with Crippen LogP contribution >= 0.6 is 0 Å². The second kappa shape index (κ2) is 8.09. The van der Waals surface area contributed by atoms with Crippen LogP contribution in [0, 0.1) is 5.82 Å². The lowest BCUT2D eigenvalue weighted by Crippen LogP contribution is -2.09. The van der Waals surface area contributed by atoms with E-state index in [1.54, 1.807) is 12.1 Å². The van der Waals surface area contributed by atoms with Gasteiger partial charge >= 0.3 is 0 Å².